The number of carbonyl (C=O) groups excluding carboxylic acids is 1. The van der Waals surface area contributed by atoms with Gasteiger partial charge in [-0.25, -0.2) is 0 Å². The molecule has 0 radical (unpaired) electrons. The lowest BCUT2D eigenvalue weighted by atomic mass is 10.1. The number of hydrogen-bond donors (Lipinski definition) is 0. The Morgan fingerprint density at radius 1 is 1.07 bits per heavy atom. The van der Waals surface area contributed by atoms with Gasteiger partial charge >= 0.3 is 0 Å². The van der Waals surface area contributed by atoms with Crippen LogP contribution in [0.5, 0.6) is 5.75 Å². The van der Waals surface area contributed by atoms with E-state index in [0.717, 1.165) is 12.8 Å². The van der Waals surface area contributed by atoms with Crippen LogP contribution in [0.25, 0.3) is 0 Å². The third kappa shape index (κ3) is 3.89. The molecular formula is C16H22N4O6S. The van der Waals surface area contributed by atoms with Crippen molar-refractivity contribution < 1.29 is 22.9 Å². The Bertz CT molecular complexity index is 829. The normalized spacial score (nSPS) is 19.2. The smallest absolute Gasteiger partial charge is 0.282 e. The van der Waals surface area contributed by atoms with Crippen molar-refractivity contribution >= 4 is 21.8 Å². The maximum atomic E-state index is 12.8. The zero-order valence-electron chi connectivity index (χ0n) is 15.0. The molecule has 1 aromatic rings. The molecule has 0 unspecified atom stereocenters. The molecule has 2 saturated heterocycles. The Labute approximate surface area is 157 Å². The topological polar surface area (TPSA) is 113 Å². The summed E-state index contributed by atoms with van der Waals surface area (Å²) < 4.78 is 33.2. The molecule has 0 aliphatic carbocycles. The summed E-state index contributed by atoms with van der Waals surface area (Å²) in [6.07, 6.45) is 1.73. The number of piperazine rings is 1. The molecule has 0 atom stereocenters. The molecule has 3 rings (SSSR count). The molecule has 148 valence electrons. The lowest BCUT2D eigenvalue weighted by Crippen LogP contribution is -2.53. The van der Waals surface area contributed by atoms with Crippen molar-refractivity contribution in [2.75, 3.05) is 46.4 Å². The third-order valence-corrected chi connectivity index (χ3v) is 6.90. The minimum Gasteiger partial charge on any atom is -0.496 e. The van der Waals surface area contributed by atoms with Crippen molar-refractivity contribution in [1.82, 2.24) is 13.5 Å². The summed E-state index contributed by atoms with van der Waals surface area (Å²) in [7, 11) is -2.10. The number of methoxy groups -OCH3 is 1. The number of ether oxygens (including phenoxy) is 1. The maximum Gasteiger partial charge on any atom is 0.282 e. The molecule has 27 heavy (non-hydrogen) atoms. The van der Waals surface area contributed by atoms with Gasteiger partial charge in [-0.1, -0.05) is 0 Å². The highest BCUT2D eigenvalue weighted by Crippen LogP contribution is 2.26. The number of amides is 1. The van der Waals surface area contributed by atoms with Crippen LogP contribution in [-0.2, 0) is 10.2 Å². The summed E-state index contributed by atoms with van der Waals surface area (Å²) in [5.41, 5.74) is -0.100. The molecule has 2 aliphatic rings. The van der Waals surface area contributed by atoms with E-state index in [4.69, 9.17) is 4.74 Å². The number of rotatable bonds is 5. The molecule has 11 heteroatoms. The van der Waals surface area contributed by atoms with Crippen LogP contribution in [-0.4, -0.2) is 79.1 Å². The molecule has 2 heterocycles. The highest BCUT2D eigenvalue weighted by atomic mass is 32.2. The van der Waals surface area contributed by atoms with Crippen molar-refractivity contribution in [2.45, 2.75) is 12.8 Å². The van der Waals surface area contributed by atoms with Crippen molar-refractivity contribution in [3.63, 3.8) is 0 Å². The van der Waals surface area contributed by atoms with E-state index >= 15 is 0 Å². The second-order valence-electron chi connectivity index (χ2n) is 6.45. The van der Waals surface area contributed by atoms with Crippen LogP contribution in [0.3, 0.4) is 0 Å². The molecule has 1 amide bonds. The lowest BCUT2D eigenvalue weighted by molar-refractivity contribution is -0.384. The van der Waals surface area contributed by atoms with E-state index in [1.54, 1.807) is 0 Å². The van der Waals surface area contributed by atoms with Crippen LogP contribution in [0.2, 0.25) is 0 Å². The standard InChI is InChI=1S/C16H22N4O6S/c1-26-15-5-4-13(20(22)23)12-14(15)16(21)17-8-10-19(11-9-17)27(24,25)18-6-2-3-7-18/h4-5,12H,2-3,6-11H2,1H3. The highest BCUT2D eigenvalue weighted by Gasteiger charge is 2.35. The first kappa shape index (κ1) is 19.5. The monoisotopic (exact) mass is 398 g/mol. The fourth-order valence-electron chi connectivity index (χ4n) is 3.35. The van der Waals surface area contributed by atoms with Crippen molar-refractivity contribution in [2.24, 2.45) is 0 Å². The number of benzene rings is 1. The molecule has 10 nitrogen and oxygen atoms in total. The van der Waals surface area contributed by atoms with Gasteiger partial charge in [-0.05, 0) is 18.9 Å². The molecule has 0 bridgehead atoms. The molecule has 0 saturated carbocycles. The molecular weight excluding hydrogens is 376 g/mol. The van der Waals surface area contributed by atoms with Gasteiger partial charge < -0.3 is 9.64 Å². The van der Waals surface area contributed by atoms with Gasteiger partial charge in [-0.15, -0.1) is 0 Å². The van der Waals surface area contributed by atoms with Crippen LogP contribution in [0.4, 0.5) is 5.69 Å². The summed E-state index contributed by atoms with van der Waals surface area (Å²) in [6.45, 7) is 1.90. The first-order chi connectivity index (χ1) is 12.8. The number of hydrogen-bond acceptors (Lipinski definition) is 6. The van der Waals surface area contributed by atoms with Crippen LogP contribution in [0, 0.1) is 10.1 Å². The Hall–Kier alpha value is -2.24. The number of non-ortho nitro benzene ring substituents is 1. The minimum atomic E-state index is -3.49. The average Bonchev–Trinajstić information content (AvgIpc) is 3.22. The van der Waals surface area contributed by atoms with Crippen LogP contribution in [0.1, 0.15) is 23.2 Å². The van der Waals surface area contributed by atoms with E-state index in [1.165, 1.54) is 38.8 Å². The number of nitro groups is 1. The highest BCUT2D eigenvalue weighted by molar-refractivity contribution is 7.86. The van der Waals surface area contributed by atoms with Gasteiger partial charge in [0.1, 0.15) is 5.75 Å². The van der Waals surface area contributed by atoms with Gasteiger partial charge in [-0.2, -0.15) is 17.0 Å². The van der Waals surface area contributed by atoms with Crippen LogP contribution >= 0.6 is 0 Å². The predicted octanol–water partition coefficient (Wildman–Crippen LogP) is 0.702. The van der Waals surface area contributed by atoms with Crippen molar-refractivity contribution in [3.05, 3.63) is 33.9 Å². The lowest BCUT2D eigenvalue weighted by Gasteiger charge is -2.35. The van der Waals surface area contributed by atoms with Gasteiger partial charge in [-0.3, -0.25) is 14.9 Å². The molecule has 1 aromatic carbocycles. The summed E-state index contributed by atoms with van der Waals surface area (Å²) >= 11 is 0. The Morgan fingerprint density at radius 2 is 1.67 bits per heavy atom. The van der Waals surface area contributed by atoms with Gasteiger partial charge in [0.25, 0.3) is 21.8 Å². The molecule has 0 aromatic heterocycles. The van der Waals surface area contributed by atoms with E-state index < -0.39 is 21.0 Å². The van der Waals surface area contributed by atoms with Crippen LogP contribution < -0.4 is 4.74 Å². The summed E-state index contributed by atoms with van der Waals surface area (Å²) in [4.78, 5) is 24.7. The van der Waals surface area contributed by atoms with E-state index in [2.05, 4.69) is 0 Å². The van der Waals surface area contributed by atoms with Gasteiger partial charge in [0.15, 0.2) is 0 Å². The summed E-state index contributed by atoms with van der Waals surface area (Å²) in [5, 5.41) is 11.0. The van der Waals surface area contributed by atoms with Gasteiger partial charge in [0.05, 0.1) is 17.6 Å². The van der Waals surface area contributed by atoms with Gasteiger partial charge in [0.2, 0.25) is 0 Å². The Morgan fingerprint density at radius 3 is 2.22 bits per heavy atom. The van der Waals surface area contributed by atoms with E-state index in [0.29, 0.717) is 13.1 Å². The summed E-state index contributed by atoms with van der Waals surface area (Å²) in [6, 6.07) is 3.85. The predicted molar refractivity (Wildman–Crippen MR) is 96.9 cm³/mol. The van der Waals surface area contributed by atoms with Crippen molar-refractivity contribution in [3.8, 4) is 5.75 Å². The number of carbonyl (C=O) groups is 1. The Kier molecular flexibility index (Phi) is 5.63. The second-order valence-corrected chi connectivity index (χ2v) is 8.38. The van der Waals surface area contributed by atoms with E-state index in [1.807, 2.05) is 0 Å². The number of nitrogens with zero attached hydrogens (tertiary/aromatic N) is 4. The molecule has 2 aliphatic heterocycles. The third-order valence-electron chi connectivity index (χ3n) is 4.87. The molecule has 0 spiro atoms. The molecule has 0 N–H and O–H groups in total. The zero-order chi connectivity index (χ0) is 19.6. The summed E-state index contributed by atoms with van der Waals surface area (Å²) in [5.74, 6) is -0.161. The van der Waals surface area contributed by atoms with Crippen LogP contribution in [0.15, 0.2) is 18.2 Å². The molecule has 2 fully saturated rings. The van der Waals surface area contributed by atoms with E-state index in [-0.39, 0.29) is 43.2 Å². The quantitative estimate of drug-likeness (QED) is 0.533. The maximum absolute atomic E-state index is 12.8. The van der Waals surface area contributed by atoms with Gasteiger partial charge in [0, 0.05) is 51.4 Å². The van der Waals surface area contributed by atoms with E-state index in [9.17, 15) is 23.3 Å². The minimum absolute atomic E-state index is 0.0996. The fraction of sp³-hybridized carbons (Fsp3) is 0.562. The zero-order valence-corrected chi connectivity index (χ0v) is 15.9. The average molecular weight is 398 g/mol. The first-order valence-electron chi connectivity index (χ1n) is 8.71. The SMILES string of the molecule is COc1ccc([N+](=O)[O-])cc1C(=O)N1CCN(S(=O)(=O)N2CCCC2)CC1. The fourth-order valence-corrected chi connectivity index (χ4v) is 5.02. The first-order valence-corrected chi connectivity index (χ1v) is 10.1. The van der Waals surface area contributed by atoms with Crippen molar-refractivity contribution in [1.29, 1.82) is 0 Å². The second kappa shape index (κ2) is 7.79. The largest absolute Gasteiger partial charge is 0.496 e. The Balaban J connectivity index is 1.72. The number of nitro benzene ring substituents is 1.